The minimum absolute atomic E-state index is 0.00814. The average molecular weight is 405 g/mol. The quantitative estimate of drug-likeness (QED) is 0.536. The molecule has 0 aliphatic rings. The molecule has 150 valence electrons. The smallest absolute Gasteiger partial charge is 0.271 e. The maximum atomic E-state index is 13.1. The second-order valence-electron chi connectivity index (χ2n) is 6.70. The van der Waals surface area contributed by atoms with Gasteiger partial charge in [0.15, 0.2) is 0 Å². The van der Waals surface area contributed by atoms with E-state index in [9.17, 15) is 23.3 Å². The zero-order valence-corrected chi connectivity index (χ0v) is 16.7. The van der Waals surface area contributed by atoms with Gasteiger partial charge in [-0.15, -0.1) is 0 Å². The maximum Gasteiger partial charge on any atom is 0.271 e. The van der Waals surface area contributed by atoms with Crippen molar-refractivity contribution in [2.75, 3.05) is 10.8 Å². The van der Waals surface area contributed by atoms with E-state index < -0.39 is 27.4 Å². The van der Waals surface area contributed by atoms with Gasteiger partial charge < -0.3 is 5.32 Å². The molecule has 2 aromatic carbocycles. The molecule has 0 unspecified atom stereocenters. The first-order valence-electron chi connectivity index (χ1n) is 8.74. The Balaban J connectivity index is 2.46. The largest absolute Gasteiger partial charge is 0.352 e. The molecule has 8 nitrogen and oxygen atoms in total. The lowest BCUT2D eigenvalue weighted by Gasteiger charge is -2.25. The zero-order valence-electron chi connectivity index (χ0n) is 15.9. The van der Waals surface area contributed by atoms with Crippen LogP contribution in [0.2, 0.25) is 0 Å². The number of nitrogens with one attached hydrogen (secondary N) is 1. The zero-order chi connectivity index (χ0) is 20.9. The van der Waals surface area contributed by atoms with E-state index in [4.69, 9.17) is 0 Å². The van der Waals surface area contributed by atoms with Crippen molar-refractivity contribution in [3.05, 3.63) is 64.7 Å². The monoisotopic (exact) mass is 405 g/mol. The number of nitrogens with zero attached hydrogens (tertiary/aromatic N) is 2. The van der Waals surface area contributed by atoms with Crippen LogP contribution in [0.4, 0.5) is 11.4 Å². The third-order valence-corrected chi connectivity index (χ3v) is 6.12. The third-order valence-electron chi connectivity index (χ3n) is 4.34. The van der Waals surface area contributed by atoms with Crippen LogP contribution in [-0.4, -0.2) is 31.8 Å². The van der Waals surface area contributed by atoms with E-state index in [1.807, 2.05) is 20.8 Å². The fourth-order valence-corrected chi connectivity index (χ4v) is 3.83. The summed E-state index contributed by atoms with van der Waals surface area (Å²) in [6.07, 6.45) is 0. The summed E-state index contributed by atoms with van der Waals surface area (Å²) in [4.78, 5) is 23.0. The number of amides is 1. The fourth-order valence-electron chi connectivity index (χ4n) is 2.39. The number of carbonyl (C=O) groups is 1. The maximum absolute atomic E-state index is 13.1. The SMILES string of the molecule is CC(C)[C@H](C)NC(=O)CN(c1cccc([N+](=O)[O-])c1)S(=O)(=O)c1ccccc1. The van der Waals surface area contributed by atoms with E-state index in [-0.39, 0.29) is 28.2 Å². The number of nitro groups is 1. The second kappa shape index (κ2) is 8.83. The van der Waals surface area contributed by atoms with Crippen molar-refractivity contribution < 1.29 is 18.1 Å². The number of sulfonamides is 1. The molecule has 1 atom stereocenters. The van der Waals surface area contributed by atoms with Gasteiger partial charge in [-0.2, -0.15) is 0 Å². The number of benzene rings is 2. The topological polar surface area (TPSA) is 110 Å². The molecule has 0 heterocycles. The van der Waals surface area contributed by atoms with Gasteiger partial charge in [0.05, 0.1) is 15.5 Å². The minimum atomic E-state index is -4.10. The van der Waals surface area contributed by atoms with Gasteiger partial charge in [-0.25, -0.2) is 8.42 Å². The number of hydrogen-bond donors (Lipinski definition) is 1. The molecule has 2 rings (SSSR count). The van der Waals surface area contributed by atoms with E-state index in [0.717, 1.165) is 10.4 Å². The standard InChI is InChI=1S/C19H23N3O5S/c1-14(2)15(3)20-19(23)13-21(16-8-7-9-17(12-16)22(24)25)28(26,27)18-10-5-4-6-11-18/h4-12,14-15H,13H2,1-3H3,(H,20,23)/t15-/m0/s1. The van der Waals surface area contributed by atoms with Crippen molar-refractivity contribution in [3.8, 4) is 0 Å². The van der Waals surface area contributed by atoms with Crippen molar-refractivity contribution >= 4 is 27.3 Å². The van der Waals surface area contributed by atoms with E-state index in [1.54, 1.807) is 18.2 Å². The lowest BCUT2D eigenvalue weighted by molar-refractivity contribution is -0.384. The number of non-ortho nitro benzene ring substituents is 1. The summed E-state index contributed by atoms with van der Waals surface area (Å²) in [6, 6.07) is 12.7. The molecule has 0 saturated carbocycles. The molecule has 0 radical (unpaired) electrons. The molecule has 2 aromatic rings. The molecule has 0 bridgehead atoms. The van der Waals surface area contributed by atoms with Crippen LogP contribution in [0.15, 0.2) is 59.5 Å². The van der Waals surface area contributed by atoms with E-state index >= 15 is 0 Å². The van der Waals surface area contributed by atoms with Crippen LogP contribution in [0.25, 0.3) is 0 Å². The highest BCUT2D eigenvalue weighted by atomic mass is 32.2. The molecule has 0 spiro atoms. The van der Waals surface area contributed by atoms with Crippen LogP contribution in [0.3, 0.4) is 0 Å². The summed E-state index contributed by atoms with van der Waals surface area (Å²) in [5.74, 6) is -0.326. The molecule has 1 N–H and O–H groups in total. The summed E-state index contributed by atoms with van der Waals surface area (Å²) >= 11 is 0. The van der Waals surface area contributed by atoms with E-state index in [2.05, 4.69) is 5.32 Å². The van der Waals surface area contributed by atoms with Crippen molar-refractivity contribution in [1.29, 1.82) is 0 Å². The highest BCUT2D eigenvalue weighted by Crippen LogP contribution is 2.26. The lowest BCUT2D eigenvalue weighted by atomic mass is 10.1. The van der Waals surface area contributed by atoms with Gasteiger partial charge in [-0.1, -0.05) is 38.1 Å². The molecule has 9 heteroatoms. The van der Waals surface area contributed by atoms with Gasteiger partial charge in [0, 0.05) is 18.2 Å². The van der Waals surface area contributed by atoms with Crippen LogP contribution in [0, 0.1) is 16.0 Å². The first-order valence-corrected chi connectivity index (χ1v) is 10.2. The average Bonchev–Trinajstić information content (AvgIpc) is 2.66. The molecule has 0 aromatic heterocycles. The highest BCUT2D eigenvalue weighted by Gasteiger charge is 2.28. The number of hydrogen-bond acceptors (Lipinski definition) is 5. The Labute approximate surface area is 164 Å². The van der Waals surface area contributed by atoms with Gasteiger partial charge in [-0.05, 0) is 31.0 Å². The van der Waals surface area contributed by atoms with Crippen LogP contribution in [-0.2, 0) is 14.8 Å². The summed E-state index contributed by atoms with van der Waals surface area (Å²) in [6.45, 7) is 5.20. The molecular formula is C19H23N3O5S. The van der Waals surface area contributed by atoms with Crippen molar-refractivity contribution in [3.63, 3.8) is 0 Å². The van der Waals surface area contributed by atoms with Gasteiger partial charge in [0.1, 0.15) is 6.54 Å². The van der Waals surface area contributed by atoms with Gasteiger partial charge in [-0.3, -0.25) is 19.2 Å². The second-order valence-corrected chi connectivity index (χ2v) is 8.56. The van der Waals surface area contributed by atoms with Crippen molar-refractivity contribution in [2.45, 2.75) is 31.7 Å². The Bertz CT molecular complexity index is 945. The third kappa shape index (κ3) is 5.07. The van der Waals surface area contributed by atoms with E-state index in [1.165, 1.54) is 30.3 Å². The first-order chi connectivity index (χ1) is 13.1. The summed E-state index contributed by atoms with van der Waals surface area (Å²) in [7, 11) is -4.10. The van der Waals surface area contributed by atoms with Crippen molar-refractivity contribution in [1.82, 2.24) is 5.32 Å². The van der Waals surface area contributed by atoms with E-state index in [0.29, 0.717) is 0 Å². The first kappa shape index (κ1) is 21.4. The number of carbonyl (C=O) groups excluding carboxylic acids is 1. The fraction of sp³-hybridized carbons (Fsp3) is 0.316. The predicted molar refractivity (Wildman–Crippen MR) is 107 cm³/mol. The Hall–Kier alpha value is -2.94. The summed E-state index contributed by atoms with van der Waals surface area (Å²) in [5.41, 5.74) is -0.216. The Morgan fingerprint density at radius 3 is 2.32 bits per heavy atom. The molecule has 1 amide bonds. The van der Waals surface area contributed by atoms with Gasteiger partial charge in [0.25, 0.3) is 15.7 Å². The minimum Gasteiger partial charge on any atom is -0.352 e. The molecule has 0 fully saturated rings. The summed E-state index contributed by atoms with van der Waals surface area (Å²) < 4.78 is 27.2. The van der Waals surface area contributed by atoms with Crippen LogP contribution in [0.1, 0.15) is 20.8 Å². The predicted octanol–water partition coefficient (Wildman–Crippen LogP) is 2.95. The molecular weight excluding hydrogens is 382 g/mol. The van der Waals surface area contributed by atoms with Crippen LogP contribution in [0.5, 0.6) is 0 Å². The molecule has 0 aliphatic carbocycles. The normalized spacial score (nSPS) is 12.4. The Morgan fingerprint density at radius 2 is 1.75 bits per heavy atom. The highest BCUT2D eigenvalue weighted by molar-refractivity contribution is 7.92. The van der Waals surface area contributed by atoms with Crippen molar-refractivity contribution in [2.24, 2.45) is 5.92 Å². The Kier molecular flexibility index (Phi) is 6.74. The molecule has 28 heavy (non-hydrogen) atoms. The Morgan fingerprint density at radius 1 is 1.11 bits per heavy atom. The van der Waals surface area contributed by atoms with Gasteiger partial charge in [0.2, 0.25) is 5.91 Å². The van der Waals surface area contributed by atoms with Crippen LogP contribution < -0.4 is 9.62 Å². The van der Waals surface area contributed by atoms with Crippen LogP contribution >= 0.6 is 0 Å². The number of nitro benzene ring substituents is 1. The number of anilines is 1. The number of rotatable bonds is 8. The van der Waals surface area contributed by atoms with Gasteiger partial charge >= 0.3 is 0 Å². The lowest BCUT2D eigenvalue weighted by Crippen LogP contribution is -2.45. The molecule has 0 aliphatic heterocycles. The summed E-state index contributed by atoms with van der Waals surface area (Å²) in [5, 5.41) is 13.9. The molecule has 0 saturated heterocycles.